The molecule has 2 heterocycles. The van der Waals surface area contributed by atoms with E-state index in [1.165, 1.54) is 55.3 Å². The van der Waals surface area contributed by atoms with E-state index in [1.54, 1.807) is 0 Å². The van der Waals surface area contributed by atoms with Crippen molar-refractivity contribution in [3.63, 3.8) is 0 Å². The number of rotatable bonds is 4. The van der Waals surface area contributed by atoms with Crippen LogP contribution in [0, 0.1) is 0 Å². The minimum absolute atomic E-state index is 0.402. The number of fused-ring (bicyclic) bond motifs is 14. The Morgan fingerprint density at radius 1 is 0.316 bits per heavy atom. The molecule has 12 rings (SSSR count). The minimum atomic E-state index is -0.402. The Hall–Kier alpha value is -7.42. The van der Waals surface area contributed by atoms with Crippen molar-refractivity contribution in [2.24, 2.45) is 0 Å². The molecule has 0 aliphatic heterocycles. The molecule has 0 saturated heterocycles. The van der Waals surface area contributed by atoms with Crippen LogP contribution in [0.25, 0.3) is 88.8 Å². The van der Waals surface area contributed by atoms with E-state index in [-0.39, 0.29) is 0 Å². The number of pyridine rings is 2. The van der Waals surface area contributed by atoms with E-state index in [2.05, 4.69) is 194 Å². The van der Waals surface area contributed by atoms with Crippen LogP contribution in [-0.4, -0.2) is 9.97 Å². The van der Waals surface area contributed by atoms with Gasteiger partial charge in [-0.2, -0.15) is 0 Å². The summed E-state index contributed by atoms with van der Waals surface area (Å²) in [5.74, 6) is 0. The van der Waals surface area contributed by atoms with Crippen molar-refractivity contribution < 1.29 is 0 Å². The second kappa shape index (κ2) is 12.3. The summed E-state index contributed by atoms with van der Waals surface area (Å²) in [4.78, 5) is 10.5. The molecule has 0 unspecified atom stereocenters. The predicted molar refractivity (Wildman–Crippen MR) is 235 cm³/mol. The molecule has 2 aliphatic carbocycles. The summed E-state index contributed by atoms with van der Waals surface area (Å²) in [6.07, 6.45) is 0. The van der Waals surface area contributed by atoms with Gasteiger partial charge < -0.3 is 0 Å². The number of hydrogen-bond donors (Lipinski definition) is 0. The lowest BCUT2D eigenvalue weighted by atomic mass is 9.70. The van der Waals surface area contributed by atoms with E-state index in [0.29, 0.717) is 0 Å². The highest BCUT2D eigenvalue weighted by molar-refractivity contribution is 6.20. The van der Waals surface area contributed by atoms with Crippen LogP contribution >= 0.6 is 0 Å². The third kappa shape index (κ3) is 4.59. The van der Waals surface area contributed by atoms with Crippen LogP contribution in [0.15, 0.2) is 206 Å². The molecule has 264 valence electrons. The fraction of sp³-hybridized carbons (Fsp3) is 0.0182. The van der Waals surface area contributed by atoms with Crippen LogP contribution in [0.3, 0.4) is 0 Å². The standard InChI is InChI=1S/C55H34N2/c1-3-15-36(16-4-1)50-33-39(34-51(56-50)37-17-5-2-6-18-37)35-27-29-38(30-28-35)54-44-31-32-48-53(52(44)43-22-10-14-26-49(43)57-54)42-21-9-13-25-47(42)55(48)45-23-11-7-19-40(45)41-20-8-12-24-46(41)55/h1-34H. The molecule has 0 bridgehead atoms. The highest BCUT2D eigenvalue weighted by Gasteiger charge is 2.52. The van der Waals surface area contributed by atoms with E-state index in [9.17, 15) is 0 Å². The van der Waals surface area contributed by atoms with Gasteiger partial charge in [0.15, 0.2) is 0 Å². The first-order chi connectivity index (χ1) is 28.3. The van der Waals surface area contributed by atoms with Crippen molar-refractivity contribution in [1.82, 2.24) is 9.97 Å². The smallest absolute Gasteiger partial charge is 0.0788 e. The zero-order valence-electron chi connectivity index (χ0n) is 31.0. The Labute approximate surface area is 331 Å². The van der Waals surface area contributed by atoms with Gasteiger partial charge in [0.1, 0.15) is 0 Å². The van der Waals surface area contributed by atoms with Crippen LogP contribution in [0.2, 0.25) is 0 Å². The Kier molecular flexibility index (Phi) is 6.88. The molecular formula is C55H34N2. The number of nitrogens with zero attached hydrogens (tertiary/aromatic N) is 2. The summed E-state index contributed by atoms with van der Waals surface area (Å²) in [6, 6.07) is 74.8. The fourth-order valence-electron chi connectivity index (χ4n) is 9.88. The summed E-state index contributed by atoms with van der Waals surface area (Å²) < 4.78 is 0. The molecule has 1 spiro atoms. The normalized spacial score (nSPS) is 13.1. The van der Waals surface area contributed by atoms with Gasteiger partial charge in [0.05, 0.1) is 28.0 Å². The molecule has 0 N–H and O–H groups in total. The Bertz CT molecular complexity index is 3110. The van der Waals surface area contributed by atoms with Gasteiger partial charge in [0.2, 0.25) is 0 Å². The molecule has 8 aromatic carbocycles. The highest BCUT2D eigenvalue weighted by Crippen LogP contribution is 2.64. The quantitative estimate of drug-likeness (QED) is 0.169. The molecule has 0 radical (unpaired) electrons. The van der Waals surface area contributed by atoms with E-state index in [4.69, 9.17) is 9.97 Å². The molecular weight excluding hydrogens is 689 g/mol. The van der Waals surface area contributed by atoms with Crippen LogP contribution in [0.4, 0.5) is 0 Å². The Morgan fingerprint density at radius 2 is 0.825 bits per heavy atom. The lowest BCUT2D eigenvalue weighted by Gasteiger charge is -2.30. The SMILES string of the molecule is c1ccc(-c2cc(-c3ccc(-c4nc5ccccc5c5c6c(ccc45)C4(c5ccccc5-c5ccccc54)c4ccccc4-6)cc3)cc(-c3ccccc3)n2)cc1. The topological polar surface area (TPSA) is 25.8 Å². The van der Waals surface area contributed by atoms with Gasteiger partial charge in [-0.05, 0) is 73.8 Å². The van der Waals surface area contributed by atoms with E-state index >= 15 is 0 Å². The molecule has 0 saturated carbocycles. The van der Waals surface area contributed by atoms with Crippen LogP contribution < -0.4 is 0 Å². The number of para-hydroxylation sites is 1. The zero-order chi connectivity index (χ0) is 37.5. The van der Waals surface area contributed by atoms with Gasteiger partial charge in [-0.25, -0.2) is 9.97 Å². The third-order valence-corrected chi connectivity index (χ3v) is 12.3. The summed E-state index contributed by atoms with van der Waals surface area (Å²) in [7, 11) is 0. The largest absolute Gasteiger partial charge is 0.248 e. The zero-order valence-corrected chi connectivity index (χ0v) is 31.0. The molecule has 0 atom stereocenters. The molecule has 0 fully saturated rings. The highest BCUT2D eigenvalue weighted by atomic mass is 14.7. The average Bonchev–Trinajstić information content (AvgIpc) is 3.77. The monoisotopic (exact) mass is 722 g/mol. The van der Waals surface area contributed by atoms with Crippen molar-refractivity contribution in [3.05, 3.63) is 229 Å². The summed E-state index contributed by atoms with van der Waals surface area (Å²) in [5, 5.41) is 3.60. The summed E-state index contributed by atoms with van der Waals surface area (Å²) >= 11 is 0. The lowest BCUT2D eigenvalue weighted by Crippen LogP contribution is -2.25. The van der Waals surface area contributed by atoms with E-state index in [1.807, 2.05) is 12.1 Å². The maximum absolute atomic E-state index is 5.42. The molecule has 2 nitrogen and oxygen atoms in total. The first-order valence-corrected chi connectivity index (χ1v) is 19.7. The van der Waals surface area contributed by atoms with Gasteiger partial charge in [-0.15, -0.1) is 0 Å². The van der Waals surface area contributed by atoms with Crippen molar-refractivity contribution in [3.8, 4) is 67.2 Å². The van der Waals surface area contributed by atoms with E-state index in [0.717, 1.165) is 55.8 Å². The van der Waals surface area contributed by atoms with Crippen LogP contribution in [-0.2, 0) is 5.41 Å². The first kappa shape index (κ1) is 31.9. The van der Waals surface area contributed by atoms with Crippen molar-refractivity contribution in [1.29, 1.82) is 0 Å². The fourth-order valence-corrected chi connectivity index (χ4v) is 9.88. The molecule has 2 aromatic heterocycles. The molecule has 0 amide bonds. The predicted octanol–water partition coefficient (Wildman–Crippen LogP) is 13.8. The third-order valence-electron chi connectivity index (χ3n) is 12.3. The Morgan fingerprint density at radius 3 is 1.46 bits per heavy atom. The number of aromatic nitrogens is 2. The second-order valence-electron chi connectivity index (χ2n) is 15.2. The van der Waals surface area contributed by atoms with Gasteiger partial charge in [0, 0.05) is 32.8 Å². The van der Waals surface area contributed by atoms with Gasteiger partial charge in [-0.3, -0.25) is 0 Å². The lowest BCUT2D eigenvalue weighted by molar-refractivity contribution is 0.794. The number of hydrogen-bond acceptors (Lipinski definition) is 2. The van der Waals surface area contributed by atoms with Gasteiger partial charge in [0.25, 0.3) is 0 Å². The molecule has 10 aromatic rings. The van der Waals surface area contributed by atoms with E-state index < -0.39 is 5.41 Å². The molecule has 57 heavy (non-hydrogen) atoms. The Balaban J connectivity index is 1.07. The maximum atomic E-state index is 5.42. The van der Waals surface area contributed by atoms with Crippen molar-refractivity contribution in [2.45, 2.75) is 5.41 Å². The van der Waals surface area contributed by atoms with Crippen molar-refractivity contribution >= 4 is 21.7 Å². The molecule has 2 heteroatoms. The summed E-state index contributed by atoms with van der Waals surface area (Å²) in [6.45, 7) is 0. The summed E-state index contributed by atoms with van der Waals surface area (Å²) in [5.41, 5.74) is 19.7. The van der Waals surface area contributed by atoms with Crippen LogP contribution in [0.5, 0.6) is 0 Å². The van der Waals surface area contributed by atoms with Gasteiger partial charge >= 0.3 is 0 Å². The first-order valence-electron chi connectivity index (χ1n) is 19.7. The average molecular weight is 723 g/mol. The number of benzene rings is 8. The van der Waals surface area contributed by atoms with Gasteiger partial charge in [-0.1, -0.05) is 188 Å². The second-order valence-corrected chi connectivity index (χ2v) is 15.2. The van der Waals surface area contributed by atoms with Crippen LogP contribution in [0.1, 0.15) is 22.3 Å². The maximum Gasteiger partial charge on any atom is 0.0788 e. The van der Waals surface area contributed by atoms with Crippen molar-refractivity contribution in [2.75, 3.05) is 0 Å². The molecule has 2 aliphatic rings. The minimum Gasteiger partial charge on any atom is -0.248 e.